The molecule has 4 atom stereocenters. The minimum absolute atomic E-state index is 0.286. The van der Waals surface area contributed by atoms with E-state index in [1.807, 2.05) is 0 Å². The van der Waals surface area contributed by atoms with Crippen molar-refractivity contribution in [3.63, 3.8) is 0 Å². The fourth-order valence-corrected chi connectivity index (χ4v) is 2.54. The smallest absolute Gasteiger partial charge is 0.111 e. The molecule has 1 fully saturated rings. The average molecular weight is 281 g/mol. The highest BCUT2D eigenvalue weighted by atomic mass is 16.6. The van der Waals surface area contributed by atoms with E-state index in [1.165, 1.54) is 16.7 Å². The molecule has 5 nitrogen and oxygen atoms in total. The minimum atomic E-state index is -1.02. The standard InChI is InChI=1S/C15H23NO4/c1-9-3-4-11(10(2)5-9)6-16-7-12-14(18)15(19)13(8-17)20-12/h3-5,12-19H,6-8H2,1-2H3/t12-,13-,14-,15-/m1/s1. The first-order valence-corrected chi connectivity index (χ1v) is 6.92. The second-order valence-electron chi connectivity index (χ2n) is 5.44. The zero-order valence-electron chi connectivity index (χ0n) is 11.9. The van der Waals surface area contributed by atoms with Crippen LogP contribution in [0.3, 0.4) is 0 Å². The molecule has 0 spiro atoms. The van der Waals surface area contributed by atoms with Crippen LogP contribution in [-0.2, 0) is 11.3 Å². The van der Waals surface area contributed by atoms with Crippen LogP contribution >= 0.6 is 0 Å². The summed E-state index contributed by atoms with van der Waals surface area (Å²) in [7, 11) is 0. The van der Waals surface area contributed by atoms with Crippen LogP contribution < -0.4 is 5.32 Å². The molecule has 0 radical (unpaired) electrons. The molecule has 112 valence electrons. The fourth-order valence-electron chi connectivity index (χ4n) is 2.54. The van der Waals surface area contributed by atoms with Crippen LogP contribution in [-0.4, -0.2) is 52.9 Å². The predicted molar refractivity (Wildman–Crippen MR) is 75.4 cm³/mol. The Hall–Kier alpha value is -0.980. The molecule has 4 N–H and O–H groups in total. The van der Waals surface area contributed by atoms with E-state index in [-0.39, 0.29) is 6.61 Å². The zero-order chi connectivity index (χ0) is 14.7. The van der Waals surface area contributed by atoms with Crippen molar-refractivity contribution >= 4 is 0 Å². The highest BCUT2D eigenvalue weighted by Crippen LogP contribution is 2.20. The second kappa shape index (κ2) is 6.65. The van der Waals surface area contributed by atoms with Crippen molar-refractivity contribution in [2.75, 3.05) is 13.2 Å². The van der Waals surface area contributed by atoms with Gasteiger partial charge in [0.25, 0.3) is 0 Å². The monoisotopic (exact) mass is 281 g/mol. The van der Waals surface area contributed by atoms with Gasteiger partial charge in [0, 0.05) is 13.1 Å². The summed E-state index contributed by atoms with van der Waals surface area (Å²) in [6, 6.07) is 6.27. The summed E-state index contributed by atoms with van der Waals surface area (Å²) in [4.78, 5) is 0. The normalized spacial score (nSPS) is 29.9. The number of hydrogen-bond acceptors (Lipinski definition) is 5. The molecule has 0 amide bonds. The Morgan fingerprint density at radius 3 is 2.45 bits per heavy atom. The highest BCUT2D eigenvalue weighted by molar-refractivity contribution is 5.30. The molecular formula is C15H23NO4. The van der Waals surface area contributed by atoms with Crippen LogP contribution in [0.15, 0.2) is 18.2 Å². The summed E-state index contributed by atoms with van der Waals surface area (Å²) in [5.74, 6) is 0. The first-order chi connectivity index (χ1) is 9.52. The molecule has 1 saturated heterocycles. The molecule has 0 aromatic heterocycles. The number of benzene rings is 1. The molecular weight excluding hydrogens is 258 g/mol. The Morgan fingerprint density at radius 2 is 1.85 bits per heavy atom. The van der Waals surface area contributed by atoms with E-state index in [4.69, 9.17) is 9.84 Å². The van der Waals surface area contributed by atoms with Gasteiger partial charge in [0.2, 0.25) is 0 Å². The van der Waals surface area contributed by atoms with Gasteiger partial charge in [0.15, 0.2) is 0 Å². The quantitative estimate of drug-likeness (QED) is 0.605. The van der Waals surface area contributed by atoms with Gasteiger partial charge in [-0.3, -0.25) is 0 Å². The Kier molecular flexibility index (Phi) is 5.12. The summed E-state index contributed by atoms with van der Waals surface area (Å²) in [5.41, 5.74) is 3.65. The van der Waals surface area contributed by atoms with Crippen molar-refractivity contribution in [2.24, 2.45) is 0 Å². The number of rotatable bonds is 5. The third kappa shape index (κ3) is 3.37. The molecule has 0 bridgehead atoms. The molecule has 2 rings (SSSR count). The lowest BCUT2D eigenvalue weighted by molar-refractivity contribution is -0.0213. The van der Waals surface area contributed by atoms with E-state index in [1.54, 1.807) is 0 Å². The summed E-state index contributed by atoms with van der Waals surface area (Å²) in [6.45, 7) is 4.95. The first kappa shape index (κ1) is 15.4. The average Bonchev–Trinajstić information content (AvgIpc) is 2.69. The van der Waals surface area contributed by atoms with Crippen LogP contribution in [0.25, 0.3) is 0 Å². The maximum atomic E-state index is 9.82. The Labute approximate surface area is 119 Å². The van der Waals surface area contributed by atoms with Crippen molar-refractivity contribution in [1.29, 1.82) is 0 Å². The van der Waals surface area contributed by atoms with Gasteiger partial charge in [-0.2, -0.15) is 0 Å². The van der Waals surface area contributed by atoms with E-state index in [0.29, 0.717) is 13.1 Å². The number of hydrogen-bond donors (Lipinski definition) is 4. The minimum Gasteiger partial charge on any atom is -0.394 e. The Morgan fingerprint density at radius 1 is 1.15 bits per heavy atom. The fraction of sp³-hybridized carbons (Fsp3) is 0.600. The number of aliphatic hydroxyl groups excluding tert-OH is 3. The largest absolute Gasteiger partial charge is 0.394 e. The van der Waals surface area contributed by atoms with Gasteiger partial charge < -0.3 is 25.4 Å². The van der Waals surface area contributed by atoms with Crippen LogP contribution in [0.1, 0.15) is 16.7 Å². The lowest BCUT2D eigenvalue weighted by Gasteiger charge is -2.16. The molecule has 1 aliphatic heterocycles. The SMILES string of the molecule is Cc1ccc(CNC[C@H]2O[C@H](CO)[C@@H](O)[C@@H]2O)c(C)c1. The van der Waals surface area contributed by atoms with E-state index < -0.39 is 24.4 Å². The van der Waals surface area contributed by atoms with Gasteiger partial charge in [0.05, 0.1) is 12.7 Å². The molecule has 1 aromatic rings. The van der Waals surface area contributed by atoms with Crippen molar-refractivity contribution in [2.45, 2.75) is 44.8 Å². The summed E-state index contributed by atoms with van der Waals surface area (Å²) in [6.07, 6.45) is -3.17. The van der Waals surface area contributed by atoms with Gasteiger partial charge >= 0.3 is 0 Å². The molecule has 0 aliphatic carbocycles. The lowest BCUT2D eigenvalue weighted by Crippen LogP contribution is -2.38. The van der Waals surface area contributed by atoms with E-state index in [9.17, 15) is 10.2 Å². The van der Waals surface area contributed by atoms with Crippen molar-refractivity contribution in [3.05, 3.63) is 34.9 Å². The van der Waals surface area contributed by atoms with Crippen LogP contribution in [0.5, 0.6) is 0 Å². The summed E-state index contributed by atoms with van der Waals surface area (Å²) >= 11 is 0. The topological polar surface area (TPSA) is 82.0 Å². The molecule has 0 saturated carbocycles. The number of nitrogens with one attached hydrogen (secondary N) is 1. The van der Waals surface area contributed by atoms with Gasteiger partial charge in [-0.15, -0.1) is 0 Å². The molecule has 0 unspecified atom stereocenters. The predicted octanol–water partition coefficient (Wildman–Crippen LogP) is -0.125. The molecule has 1 aliphatic rings. The van der Waals surface area contributed by atoms with Crippen molar-refractivity contribution in [3.8, 4) is 0 Å². The summed E-state index contributed by atoms with van der Waals surface area (Å²) < 4.78 is 5.41. The van der Waals surface area contributed by atoms with E-state index in [2.05, 4.69) is 37.4 Å². The summed E-state index contributed by atoms with van der Waals surface area (Å²) in [5, 5.41) is 31.7. The number of ether oxygens (including phenoxy) is 1. The third-order valence-electron chi connectivity index (χ3n) is 3.80. The third-order valence-corrected chi connectivity index (χ3v) is 3.80. The molecule has 1 heterocycles. The van der Waals surface area contributed by atoms with Crippen LogP contribution in [0.4, 0.5) is 0 Å². The van der Waals surface area contributed by atoms with E-state index >= 15 is 0 Å². The molecule has 20 heavy (non-hydrogen) atoms. The highest BCUT2D eigenvalue weighted by Gasteiger charge is 2.41. The molecule has 1 aromatic carbocycles. The lowest BCUT2D eigenvalue weighted by atomic mass is 10.1. The van der Waals surface area contributed by atoms with Crippen LogP contribution in [0.2, 0.25) is 0 Å². The Balaban J connectivity index is 1.84. The van der Waals surface area contributed by atoms with Gasteiger partial charge in [-0.05, 0) is 25.0 Å². The Bertz CT molecular complexity index is 451. The molecule has 5 heteroatoms. The maximum absolute atomic E-state index is 9.82. The van der Waals surface area contributed by atoms with Gasteiger partial charge in [0.1, 0.15) is 18.3 Å². The number of aliphatic hydroxyl groups is 3. The zero-order valence-corrected chi connectivity index (χ0v) is 11.9. The van der Waals surface area contributed by atoms with Crippen molar-refractivity contribution in [1.82, 2.24) is 5.32 Å². The van der Waals surface area contributed by atoms with Crippen LogP contribution in [0, 0.1) is 13.8 Å². The second-order valence-corrected chi connectivity index (χ2v) is 5.44. The maximum Gasteiger partial charge on any atom is 0.111 e. The number of aryl methyl sites for hydroxylation is 2. The van der Waals surface area contributed by atoms with Crippen molar-refractivity contribution < 1.29 is 20.1 Å². The first-order valence-electron chi connectivity index (χ1n) is 6.92. The van der Waals surface area contributed by atoms with Gasteiger partial charge in [-0.1, -0.05) is 23.8 Å². The van der Waals surface area contributed by atoms with Gasteiger partial charge in [-0.25, -0.2) is 0 Å². The van der Waals surface area contributed by atoms with E-state index in [0.717, 1.165) is 0 Å².